The number of aromatic carboxylic acids is 1. The number of carbonyl (C=O) groups is 1. The highest BCUT2D eigenvalue weighted by Crippen LogP contribution is 2.31. The molecule has 0 aliphatic rings. The fraction of sp³-hybridized carbons (Fsp3) is 0.250. The first kappa shape index (κ1) is 15.1. The van der Waals surface area contributed by atoms with Gasteiger partial charge in [-0.2, -0.15) is 5.26 Å². The van der Waals surface area contributed by atoms with Gasteiger partial charge in [0.05, 0.1) is 12.2 Å². The fourth-order valence-electron chi connectivity index (χ4n) is 1.76. The molecule has 0 spiro atoms. The third-order valence-corrected chi connectivity index (χ3v) is 3.90. The van der Waals surface area contributed by atoms with Gasteiger partial charge in [0, 0.05) is 4.88 Å². The van der Waals surface area contributed by atoms with E-state index in [1.54, 1.807) is 24.3 Å². The second-order valence-electron chi connectivity index (χ2n) is 5.00. The third kappa shape index (κ3) is 3.61. The number of hydrogen-bond acceptors (Lipinski definition) is 4. The molecular weight excluding hydrogens is 286 g/mol. The van der Waals surface area contributed by atoms with Crippen LogP contribution in [0.15, 0.2) is 30.3 Å². The van der Waals surface area contributed by atoms with Crippen LogP contribution in [0.25, 0.3) is 10.4 Å². The zero-order chi connectivity index (χ0) is 15.4. The maximum atomic E-state index is 10.9. The molecule has 0 amide bonds. The highest BCUT2D eigenvalue weighted by atomic mass is 32.1. The first-order valence-electron chi connectivity index (χ1n) is 6.51. The number of nitrogens with zero attached hydrogens (tertiary/aromatic N) is 1. The molecule has 0 unspecified atom stereocenters. The molecule has 1 aromatic heterocycles. The molecule has 0 radical (unpaired) electrons. The Hall–Kier alpha value is -2.32. The molecular formula is C16H15NO3S. The number of hydrogen-bond donors (Lipinski definition) is 1. The van der Waals surface area contributed by atoms with E-state index in [1.165, 1.54) is 11.3 Å². The van der Waals surface area contributed by atoms with Crippen LogP contribution in [-0.4, -0.2) is 17.7 Å². The van der Waals surface area contributed by atoms with Crippen molar-refractivity contribution in [2.45, 2.75) is 13.8 Å². The van der Waals surface area contributed by atoms with Crippen molar-refractivity contribution in [1.29, 1.82) is 5.26 Å². The molecule has 5 heteroatoms. The molecule has 1 heterocycles. The molecule has 21 heavy (non-hydrogen) atoms. The Morgan fingerprint density at radius 3 is 2.71 bits per heavy atom. The first-order valence-corrected chi connectivity index (χ1v) is 7.33. The summed E-state index contributed by atoms with van der Waals surface area (Å²) in [6, 6.07) is 10.8. The summed E-state index contributed by atoms with van der Waals surface area (Å²) in [5.74, 6) is 0.000230. The van der Waals surface area contributed by atoms with Gasteiger partial charge in [-0.15, -0.1) is 11.3 Å². The topological polar surface area (TPSA) is 70.3 Å². The van der Waals surface area contributed by atoms with Crippen LogP contribution in [0, 0.1) is 17.2 Å². The van der Waals surface area contributed by atoms with Crippen LogP contribution in [0.1, 0.15) is 29.1 Å². The predicted molar refractivity (Wildman–Crippen MR) is 81.8 cm³/mol. The number of carboxylic acid groups (broad SMARTS) is 1. The van der Waals surface area contributed by atoms with Crippen molar-refractivity contribution in [3.8, 4) is 22.3 Å². The summed E-state index contributed by atoms with van der Waals surface area (Å²) in [6.07, 6.45) is 0. The predicted octanol–water partition coefficient (Wildman–Crippen LogP) is 4.02. The highest BCUT2D eigenvalue weighted by molar-refractivity contribution is 7.17. The molecule has 0 bridgehead atoms. The molecule has 0 saturated heterocycles. The van der Waals surface area contributed by atoms with Gasteiger partial charge in [0.2, 0.25) is 0 Å². The third-order valence-electron chi connectivity index (χ3n) is 2.77. The van der Waals surface area contributed by atoms with E-state index in [0.29, 0.717) is 23.8 Å². The van der Waals surface area contributed by atoms with Gasteiger partial charge in [0.1, 0.15) is 16.7 Å². The Balaban J connectivity index is 2.29. The SMILES string of the molecule is CC(C)COc1ccc(-c2ccc(C(=O)O)s2)cc1C#N. The minimum absolute atomic E-state index is 0.281. The molecule has 2 aromatic rings. The van der Waals surface area contributed by atoms with Crippen molar-refractivity contribution in [3.63, 3.8) is 0 Å². The number of ether oxygens (including phenoxy) is 1. The molecule has 0 aliphatic heterocycles. The summed E-state index contributed by atoms with van der Waals surface area (Å²) in [6.45, 7) is 4.63. The summed E-state index contributed by atoms with van der Waals surface area (Å²) in [5.41, 5.74) is 1.28. The van der Waals surface area contributed by atoms with Crippen molar-refractivity contribution in [3.05, 3.63) is 40.8 Å². The number of nitriles is 1. The van der Waals surface area contributed by atoms with Gasteiger partial charge in [0.15, 0.2) is 0 Å². The quantitative estimate of drug-likeness (QED) is 0.905. The summed E-state index contributed by atoms with van der Waals surface area (Å²) >= 11 is 1.19. The Labute approximate surface area is 127 Å². The lowest BCUT2D eigenvalue weighted by atomic mass is 10.1. The van der Waals surface area contributed by atoms with Crippen molar-refractivity contribution in [1.82, 2.24) is 0 Å². The van der Waals surface area contributed by atoms with Crippen molar-refractivity contribution in [2.75, 3.05) is 6.61 Å². The van der Waals surface area contributed by atoms with Crippen molar-refractivity contribution >= 4 is 17.3 Å². The Morgan fingerprint density at radius 2 is 2.14 bits per heavy atom. The maximum Gasteiger partial charge on any atom is 0.345 e. The fourth-order valence-corrected chi connectivity index (χ4v) is 2.60. The summed E-state index contributed by atoms with van der Waals surface area (Å²) in [5, 5.41) is 18.2. The molecule has 0 atom stereocenters. The smallest absolute Gasteiger partial charge is 0.345 e. The van der Waals surface area contributed by atoms with E-state index in [-0.39, 0.29) is 4.88 Å². The lowest BCUT2D eigenvalue weighted by Gasteiger charge is -2.10. The maximum absolute atomic E-state index is 10.9. The Kier molecular flexibility index (Phi) is 4.61. The van der Waals surface area contributed by atoms with E-state index in [0.717, 1.165) is 10.4 Å². The van der Waals surface area contributed by atoms with Crippen molar-refractivity contribution in [2.24, 2.45) is 5.92 Å². The van der Waals surface area contributed by atoms with Crippen LogP contribution in [0.2, 0.25) is 0 Å². The molecule has 0 fully saturated rings. The number of benzene rings is 1. The van der Waals surface area contributed by atoms with Gasteiger partial charge in [-0.1, -0.05) is 13.8 Å². The molecule has 0 aliphatic carbocycles. The Bertz CT molecular complexity index is 698. The standard InChI is InChI=1S/C16H15NO3S/c1-10(2)9-20-13-4-3-11(7-12(13)8-17)14-5-6-15(21-14)16(18)19/h3-7,10H,9H2,1-2H3,(H,18,19). The van der Waals surface area contributed by atoms with Crippen LogP contribution in [0.5, 0.6) is 5.75 Å². The largest absolute Gasteiger partial charge is 0.492 e. The summed E-state index contributed by atoms with van der Waals surface area (Å²) in [4.78, 5) is 12.0. The molecule has 1 N–H and O–H groups in total. The molecule has 1 aromatic carbocycles. The van der Waals surface area contributed by atoms with Gasteiger partial charge in [-0.3, -0.25) is 0 Å². The number of rotatable bonds is 5. The molecule has 108 valence electrons. The minimum Gasteiger partial charge on any atom is -0.492 e. The lowest BCUT2D eigenvalue weighted by molar-refractivity contribution is 0.0702. The van der Waals surface area contributed by atoms with Gasteiger partial charge < -0.3 is 9.84 Å². The average molecular weight is 301 g/mol. The first-order chi connectivity index (χ1) is 10.0. The van der Waals surface area contributed by atoms with Crippen LogP contribution in [0.3, 0.4) is 0 Å². The van der Waals surface area contributed by atoms with Crippen LogP contribution in [0.4, 0.5) is 0 Å². The summed E-state index contributed by atoms with van der Waals surface area (Å²) < 4.78 is 5.61. The van der Waals surface area contributed by atoms with E-state index < -0.39 is 5.97 Å². The number of carboxylic acids is 1. The minimum atomic E-state index is -0.941. The van der Waals surface area contributed by atoms with Gasteiger partial charge in [0.25, 0.3) is 0 Å². The normalized spacial score (nSPS) is 10.4. The van der Waals surface area contributed by atoms with Crippen molar-refractivity contribution < 1.29 is 14.6 Å². The van der Waals surface area contributed by atoms with E-state index in [4.69, 9.17) is 9.84 Å². The van der Waals surface area contributed by atoms with Crippen LogP contribution in [-0.2, 0) is 0 Å². The zero-order valence-electron chi connectivity index (χ0n) is 11.8. The number of thiophene rings is 1. The lowest BCUT2D eigenvalue weighted by Crippen LogP contribution is -2.05. The van der Waals surface area contributed by atoms with Gasteiger partial charge in [-0.25, -0.2) is 4.79 Å². The van der Waals surface area contributed by atoms with E-state index in [1.807, 2.05) is 19.9 Å². The second-order valence-corrected chi connectivity index (χ2v) is 6.08. The Morgan fingerprint density at radius 1 is 1.38 bits per heavy atom. The zero-order valence-corrected chi connectivity index (χ0v) is 12.6. The van der Waals surface area contributed by atoms with E-state index in [9.17, 15) is 10.1 Å². The van der Waals surface area contributed by atoms with Gasteiger partial charge >= 0.3 is 5.97 Å². The van der Waals surface area contributed by atoms with Crippen LogP contribution >= 0.6 is 11.3 Å². The molecule has 0 saturated carbocycles. The summed E-state index contributed by atoms with van der Waals surface area (Å²) in [7, 11) is 0. The van der Waals surface area contributed by atoms with Crippen LogP contribution < -0.4 is 4.74 Å². The molecule has 2 rings (SSSR count). The molecule has 4 nitrogen and oxygen atoms in total. The monoisotopic (exact) mass is 301 g/mol. The highest BCUT2D eigenvalue weighted by Gasteiger charge is 2.11. The average Bonchev–Trinajstić information content (AvgIpc) is 2.94. The van der Waals surface area contributed by atoms with E-state index >= 15 is 0 Å². The van der Waals surface area contributed by atoms with Gasteiger partial charge in [-0.05, 0) is 41.8 Å². The van der Waals surface area contributed by atoms with E-state index in [2.05, 4.69) is 6.07 Å². The second kappa shape index (κ2) is 6.42.